The normalized spacial score (nSPS) is 17.7. The number of nitriles is 1. The van der Waals surface area contributed by atoms with Crippen molar-refractivity contribution in [3.8, 4) is 17.6 Å². The number of H-pyrrole nitrogens is 1. The number of benzene rings is 3. The van der Waals surface area contributed by atoms with Gasteiger partial charge in [0, 0.05) is 39.3 Å². The number of hydrogen-bond donors (Lipinski definition) is 2. The lowest BCUT2D eigenvalue weighted by Crippen LogP contribution is -2.43. The Morgan fingerprint density at radius 3 is 2.11 bits per heavy atom. The molecule has 6 rings (SSSR count). The fourth-order valence-electron chi connectivity index (χ4n) is 8.48. The first-order chi connectivity index (χ1) is 35.0. The molecular weight excluding hydrogens is 971 g/mol. The highest BCUT2D eigenvalue weighted by atomic mass is 31.2. The van der Waals surface area contributed by atoms with Gasteiger partial charge in [-0.25, -0.2) is 14.6 Å². The smallest absolute Gasteiger partial charge is 0.471 e. The Bertz CT molecular complexity index is 2590. The largest absolute Gasteiger partial charge is 0.497 e. The van der Waals surface area contributed by atoms with Gasteiger partial charge in [-0.2, -0.15) is 23.4 Å². The van der Waals surface area contributed by atoms with Crippen LogP contribution < -0.4 is 20.3 Å². The number of nitrogens with one attached hydrogen (secondary N) is 2. The van der Waals surface area contributed by atoms with Gasteiger partial charge in [-0.05, 0) is 81.5 Å². The Kier molecular flexibility index (Phi) is 20.3. The van der Waals surface area contributed by atoms with Crippen LogP contribution in [0.15, 0.2) is 95.0 Å². The molecule has 3 aromatic carbocycles. The highest BCUT2D eigenvalue weighted by molar-refractivity contribution is 7.44. The van der Waals surface area contributed by atoms with Gasteiger partial charge >= 0.3 is 12.1 Å². The van der Waals surface area contributed by atoms with E-state index in [1.165, 1.54) is 12.7 Å². The quantitative estimate of drug-likeness (QED) is 0.0167. The lowest BCUT2D eigenvalue weighted by molar-refractivity contribution is -0.173. The summed E-state index contributed by atoms with van der Waals surface area (Å²) in [4.78, 5) is 42.8. The SMILES string of the molecule is COc1ccc(C(OC[C@H]2O[C@@H](n3cnc4c(=O)[nH]c(/N=C/N(C)C)nc43)[C@H](OCCCCCCNC(=O)C(F)(F)F)[C@@H]2OP(OCCC#N)N(C(C)C)C(C)C)(c2ccccc2)c2ccc(OC)cc2)cc1. The number of carbonyl (C=O) groups excluding carboxylic acids is 1. The predicted molar refractivity (Wildman–Crippen MR) is 270 cm³/mol. The minimum absolute atomic E-state index is 0.0214. The number of fused-ring (bicyclic) bond motifs is 1. The number of aromatic nitrogens is 4. The zero-order valence-electron chi connectivity index (χ0n) is 42.4. The summed E-state index contributed by atoms with van der Waals surface area (Å²) < 4.78 is 88.5. The summed E-state index contributed by atoms with van der Waals surface area (Å²) in [6.45, 7) is 8.07. The molecule has 18 nitrogen and oxygen atoms in total. The van der Waals surface area contributed by atoms with Crippen LogP contribution in [0.4, 0.5) is 19.1 Å². The van der Waals surface area contributed by atoms with Crippen molar-refractivity contribution in [2.24, 2.45) is 4.99 Å². The van der Waals surface area contributed by atoms with Gasteiger partial charge in [0.15, 0.2) is 17.4 Å². The van der Waals surface area contributed by atoms with Crippen LogP contribution in [0.5, 0.6) is 11.5 Å². The van der Waals surface area contributed by atoms with Crippen LogP contribution in [-0.2, 0) is 33.7 Å². The summed E-state index contributed by atoms with van der Waals surface area (Å²) in [7, 11) is 4.82. The second-order valence-electron chi connectivity index (χ2n) is 17.9. The molecule has 22 heteroatoms. The Hall–Kier alpha value is -5.98. The second kappa shape index (κ2) is 26.3. The number of aromatic amines is 1. The molecule has 0 radical (unpaired) electrons. The molecule has 394 valence electrons. The molecule has 5 aromatic rings. The van der Waals surface area contributed by atoms with Gasteiger partial charge in [-0.3, -0.25) is 19.1 Å². The first-order valence-electron chi connectivity index (χ1n) is 24.0. The van der Waals surface area contributed by atoms with Crippen molar-refractivity contribution in [3.05, 3.63) is 112 Å². The number of halogens is 3. The van der Waals surface area contributed by atoms with Gasteiger partial charge in [-0.15, -0.1) is 0 Å². The van der Waals surface area contributed by atoms with E-state index >= 15 is 0 Å². The Labute approximate surface area is 424 Å². The molecule has 0 saturated carbocycles. The van der Waals surface area contributed by atoms with Gasteiger partial charge < -0.3 is 42.9 Å². The summed E-state index contributed by atoms with van der Waals surface area (Å²) in [6.07, 6.45) is -4.00. The maximum atomic E-state index is 13.5. The fraction of sp³-hybridized carbons (Fsp3) is 0.490. The maximum Gasteiger partial charge on any atom is 0.471 e. The number of amides is 1. The number of ether oxygens (including phenoxy) is 5. The third-order valence-corrected chi connectivity index (χ3v) is 14.0. The number of nitrogens with zero attached hydrogens (tertiary/aromatic N) is 7. The van der Waals surface area contributed by atoms with Gasteiger partial charge in [0.1, 0.15) is 35.4 Å². The number of rotatable bonds is 27. The van der Waals surface area contributed by atoms with Gasteiger partial charge in [0.05, 0.1) is 52.6 Å². The molecule has 1 aliphatic heterocycles. The van der Waals surface area contributed by atoms with Crippen LogP contribution in [0.1, 0.15) is 82.7 Å². The topological polar surface area (TPSA) is 200 Å². The number of methoxy groups -OCH3 is 2. The maximum absolute atomic E-state index is 13.5. The summed E-state index contributed by atoms with van der Waals surface area (Å²) in [5.74, 6) is -0.673. The third-order valence-electron chi connectivity index (χ3n) is 11.8. The molecule has 2 N–H and O–H groups in total. The molecule has 1 amide bonds. The molecular formula is C51H65F3N9O9P. The third kappa shape index (κ3) is 14.2. The van der Waals surface area contributed by atoms with E-state index in [-0.39, 0.29) is 62.0 Å². The number of imidazole rings is 1. The molecule has 73 heavy (non-hydrogen) atoms. The van der Waals surface area contributed by atoms with Crippen molar-refractivity contribution in [2.45, 2.75) is 108 Å². The van der Waals surface area contributed by atoms with E-state index in [4.69, 9.17) is 37.7 Å². The first kappa shape index (κ1) is 56.3. The minimum atomic E-state index is -4.96. The van der Waals surface area contributed by atoms with E-state index in [1.54, 1.807) is 37.8 Å². The monoisotopic (exact) mass is 1040 g/mol. The van der Waals surface area contributed by atoms with E-state index < -0.39 is 56.3 Å². The highest BCUT2D eigenvalue weighted by Gasteiger charge is 2.52. The van der Waals surface area contributed by atoms with E-state index in [2.05, 4.69) is 25.7 Å². The average molecular weight is 1040 g/mol. The number of alkyl halides is 3. The van der Waals surface area contributed by atoms with Crippen molar-refractivity contribution in [1.29, 1.82) is 5.26 Å². The Balaban J connectivity index is 1.47. The number of unbranched alkanes of at least 4 members (excludes halogenated alkanes) is 3. The lowest BCUT2D eigenvalue weighted by Gasteiger charge is -2.39. The molecule has 0 bridgehead atoms. The molecule has 0 aliphatic carbocycles. The summed E-state index contributed by atoms with van der Waals surface area (Å²) in [6, 6.07) is 27.0. The average Bonchev–Trinajstić information content (AvgIpc) is 3.95. The van der Waals surface area contributed by atoms with Crippen molar-refractivity contribution in [2.75, 3.05) is 54.7 Å². The van der Waals surface area contributed by atoms with Crippen molar-refractivity contribution in [3.63, 3.8) is 0 Å². The molecule has 1 saturated heterocycles. The number of aliphatic imine (C=N–C) groups is 1. The Morgan fingerprint density at radius 2 is 1.53 bits per heavy atom. The van der Waals surface area contributed by atoms with Crippen LogP contribution in [0.25, 0.3) is 11.2 Å². The summed E-state index contributed by atoms with van der Waals surface area (Å²) >= 11 is 0. The lowest BCUT2D eigenvalue weighted by atomic mass is 9.80. The minimum Gasteiger partial charge on any atom is -0.497 e. The Morgan fingerprint density at radius 1 is 0.918 bits per heavy atom. The van der Waals surface area contributed by atoms with Gasteiger partial charge in [0.25, 0.3) is 14.1 Å². The second-order valence-corrected chi connectivity index (χ2v) is 19.3. The molecule has 2 aromatic heterocycles. The molecule has 1 unspecified atom stereocenters. The zero-order chi connectivity index (χ0) is 52.7. The van der Waals surface area contributed by atoms with E-state index in [1.807, 2.05) is 112 Å². The number of hydrogen-bond acceptors (Lipinski definition) is 14. The van der Waals surface area contributed by atoms with E-state index in [9.17, 15) is 28.0 Å². The predicted octanol–water partition coefficient (Wildman–Crippen LogP) is 8.55. The highest BCUT2D eigenvalue weighted by Crippen LogP contribution is 2.51. The molecule has 1 fully saturated rings. The van der Waals surface area contributed by atoms with Gasteiger partial charge in [-0.1, -0.05) is 67.4 Å². The van der Waals surface area contributed by atoms with Crippen LogP contribution >= 0.6 is 8.53 Å². The zero-order valence-corrected chi connectivity index (χ0v) is 43.3. The van der Waals surface area contributed by atoms with Crippen molar-refractivity contribution < 1.29 is 50.7 Å². The molecule has 0 spiro atoms. The summed E-state index contributed by atoms with van der Waals surface area (Å²) in [5.41, 5.74) is 0.697. The number of carbonyl (C=O) groups is 1. The van der Waals surface area contributed by atoms with Crippen LogP contribution in [0, 0.1) is 11.3 Å². The van der Waals surface area contributed by atoms with E-state index in [0.717, 1.165) is 16.7 Å². The molecule has 5 atom stereocenters. The van der Waals surface area contributed by atoms with Crippen LogP contribution in [-0.4, -0.2) is 133 Å². The standard InChI is InChI=1S/C51H65F3N9O9P/c1-34(2)63(35(3)4)73(70-30-16-27-55)72-43-41(31-69-50(36-17-12-11-13-18-36,37-19-23-39(66-7)24-20-37)38-21-25-40(67-8)26-22-38)71-47(44(43)68-29-15-10-9-14-28-56-48(65)51(52,53)54)62-33-57-42-45(62)59-49(60-46(42)64)58-32-61(5)6/h11-13,17-26,32-35,41,43-44,47H,9-10,14-16,28-31H2,1-8H3,(H,56,65)(H,59,60,64)/b58-32+/t41-,43-,44-,47-,73?/m1/s1. The molecule has 3 heterocycles. The molecule has 1 aliphatic rings. The van der Waals surface area contributed by atoms with Crippen molar-refractivity contribution in [1.82, 2.24) is 34.4 Å². The fourth-order valence-corrected chi connectivity index (χ4v) is 10.3. The van der Waals surface area contributed by atoms with Crippen LogP contribution in [0.2, 0.25) is 0 Å². The van der Waals surface area contributed by atoms with Gasteiger partial charge in [0.2, 0.25) is 5.95 Å². The summed E-state index contributed by atoms with van der Waals surface area (Å²) in [5, 5.41) is 11.5. The van der Waals surface area contributed by atoms with Crippen molar-refractivity contribution >= 4 is 37.9 Å². The van der Waals surface area contributed by atoms with E-state index in [0.29, 0.717) is 37.2 Å². The first-order valence-corrected chi connectivity index (χ1v) is 25.2. The van der Waals surface area contributed by atoms with Crippen LogP contribution in [0.3, 0.4) is 0 Å².